The smallest absolute Gasteiger partial charge is 0.243 e. The van der Waals surface area contributed by atoms with Crippen LogP contribution in [0.3, 0.4) is 0 Å². The molecule has 32 heavy (non-hydrogen) atoms. The van der Waals surface area contributed by atoms with Crippen molar-refractivity contribution in [3.63, 3.8) is 0 Å². The number of amides is 1. The highest BCUT2D eigenvalue weighted by Crippen LogP contribution is 2.28. The van der Waals surface area contributed by atoms with Crippen LogP contribution in [0, 0.1) is 0 Å². The van der Waals surface area contributed by atoms with Crippen LogP contribution in [0.25, 0.3) is 11.0 Å². The number of benzene rings is 2. The van der Waals surface area contributed by atoms with Gasteiger partial charge in [0.1, 0.15) is 11.9 Å². The fourth-order valence-corrected chi connectivity index (χ4v) is 4.64. The molecule has 170 valence electrons. The summed E-state index contributed by atoms with van der Waals surface area (Å²) in [6.07, 6.45) is 1.17. The van der Waals surface area contributed by atoms with Crippen molar-refractivity contribution in [1.82, 2.24) is 19.8 Å². The van der Waals surface area contributed by atoms with Gasteiger partial charge in [0.2, 0.25) is 5.91 Å². The summed E-state index contributed by atoms with van der Waals surface area (Å²) in [5.41, 5.74) is 2.74. The number of para-hydroxylation sites is 2. The van der Waals surface area contributed by atoms with E-state index in [1.807, 2.05) is 43.3 Å². The lowest BCUT2D eigenvalue weighted by atomic mass is 10.1. The van der Waals surface area contributed by atoms with Crippen LogP contribution in [0.5, 0.6) is 0 Å². The maximum atomic E-state index is 13.2. The molecule has 0 radical (unpaired) electrons. The molecule has 2 aromatic carbocycles. The van der Waals surface area contributed by atoms with E-state index >= 15 is 0 Å². The lowest BCUT2D eigenvalue weighted by Gasteiger charge is -2.27. The molecule has 0 aliphatic carbocycles. The number of hydrogen-bond donors (Lipinski definition) is 1. The minimum absolute atomic E-state index is 0.00682. The Labute approximate surface area is 198 Å². The van der Waals surface area contributed by atoms with Crippen molar-refractivity contribution in [2.45, 2.75) is 25.8 Å². The SMILES string of the molecule is CC[C@H](C(=O)NCCN1CCOCC1)n1c(Cc2ccc(Cl)cc2Cl)nc2ccccc21. The highest BCUT2D eigenvalue weighted by atomic mass is 35.5. The van der Waals surface area contributed by atoms with Gasteiger partial charge in [-0.2, -0.15) is 0 Å². The second-order valence-electron chi connectivity index (χ2n) is 7.97. The van der Waals surface area contributed by atoms with Crippen LogP contribution in [0.4, 0.5) is 0 Å². The number of rotatable bonds is 8. The molecule has 0 bridgehead atoms. The lowest BCUT2D eigenvalue weighted by molar-refractivity contribution is -0.124. The summed E-state index contributed by atoms with van der Waals surface area (Å²) in [6, 6.07) is 13.0. The van der Waals surface area contributed by atoms with Gasteiger partial charge < -0.3 is 14.6 Å². The van der Waals surface area contributed by atoms with Crippen LogP contribution >= 0.6 is 23.2 Å². The number of carbonyl (C=O) groups excluding carboxylic acids is 1. The molecule has 1 atom stereocenters. The Hall–Kier alpha value is -2.12. The average Bonchev–Trinajstić information content (AvgIpc) is 3.15. The molecule has 3 aromatic rings. The van der Waals surface area contributed by atoms with E-state index in [0.29, 0.717) is 29.4 Å². The maximum Gasteiger partial charge on any atom is 0.243 e. The normalized spacial score (nSPS) is 15.7. The van der Waals surface area contributed by atoms with E-state index in [4.69, 9.17) is 32.9 Å². The average molecular weight is 475 g/mol. The number of nitrogens with zero attached hydrogens (tertiary/aromatic N) is 3. The molecule has 1 fully saturated rings. The van der Waals surface area contributed by atoms with E-state index in [1.165, 1.54) is 0 Å². The minimum Gasteiger partial charge on any atom is -0.379 e. The first-order valence-corrected chi connectivity index (χ1v) is 11.8. The number of imidazole rings is 1. The second kappa shape index (κ2) is 10.7. The monoisotopic (exact) mass is 474 g/mol. The molecular weight excluding hydrogens is 447 g/mol. The predicted molar refractivity (Wildman–Crippen MR) is 129 cm³/mol. The van der Waals surface area contributed by atoms with Gasteiger partial charge in [-0.1, -0.05) is 48.3 Å². The number of aromatic nitrogens is 2. The third kappa shape index (κ3) is 5.26. The second-order valence-corrected chi connectivity index (χ2v) is 8.81. The third-order valence-electron chi connectivity index (χ3n) is 5.86. The van der Waals surface area contributed by atoms with E-state index in [2.05, 4.69) is 14.8 Å². The zero-order valence-corrected chi connectivity index (χ0v) is 19.7. The number of morpholine rings is 1. The zero-order valence-electron chi connectivity index (χ0n) is 18.2. The first kappa shape index (κ1) is 23.1. The Bertz CT molecular complexity index is 1080. The summed E-state index contributed by atoms with van der Waals surface area (Å²) in [4.78, 5) is 20.4. The van der Waals surface area contributed by atoms with Crippen LogP contribution in [-0.2, 0) is 16.0 Å². The molecule has 1 aliphatic rings. The minimum atomic E-state index is -0.354. The molecule has 1 saturated heterocycles. The maximum absolute atomic E-state index is 13.2. The van der Waals surface area contributed by atoms with Crippen LogP contribution in [-0.4, -0.2) is 59.8 Å². The van der Waals surface area contributed by atoms with Crippen molar-refractivity contribution < 1.29 is 9.53 Å². The number of ether oxygens (including phenoxy) is 1. The van der Waals surface area contributed by atoms with Gasteiger partial charge in [-0.15, -0.1) is 0 Å². The van der Waals surface area contributed by atoms with Crippen molar-refractivity contribution >= 4 is 40.1 Å². The molecule has 0 unspecified atom stereocenters. The van der Waals surface area contributed by atoms with E-state index in [1.54, 1.807) is 6.07 Å². The van der Waals surface area contributed by atoms with Crippen LogP contribution in [0.15, 0.2) is 42.5 Å². The van der Waals surface area contributed by atoms with Crippen molar-refractivity contribution in [1.29, 1.82) is 0 Å². The number of halogens is 2. The molecule has 1 N–H and O–H groups in total. The topological polar surface area (TPSA) is 59.4 Å². The molecule has 2 heterocycles. The summed E-state index contributed by atoms with van der Waals surface area (Å²) in [7, 11) is 0. The Morgan fingerprint density at radius 1 is 1.19 bits per heavy atom. The predicted octanol–water partition coefficient (Wildman–Crippen LogP) is 4.33. The fourth-order valence-electron chi connectivity index (χ4n) is 4.17. The van der Waals surface area contributed by atoms with E-state index in [-0.39, 0.29) is 11.9 Å². The van der Waals surface area contributed by atoms with Crippen LogP contribution in [0.2, 0.25) is 10.0 Å². The molecule has 0 saturated carbocycles. The summed E-state index contributed by atoms with van der Waals surface area (Å²) >= 11 is 12.5. The van der Waals surface area contributed by atoms with Gasteiger partial charge in [0, 0.05) is 42.6 Å². The van der Waals surface area contributed by atoms with Crippen molar-refractivity contribution in [2.75, 3.05) is 39.4 Å². The van der Waals surface area contributed by atoms with Gasteiger partial charge >= 0.3 is 0 Å². The lowest BCUT2D eigenvalue weighted by Crippen LogP contribution is -2.42. The summed E-state index contributed by atoms with van der Waals surface area (Å²) in [5.74, 6) is 0.818. The fraction of sp³-hybridized carbons (Fsp3) is 0.417. The van der Waals surface area contributed by atoms with E-state index in [9.17, 15) is 4.79 Å². The Morgan fingerprint density at radius 2 is 1.97 bits per heavy atom. The van der Waals surface area contributed by atoms with Gasteiger partial charge in [-0.25, -0.2) is 4.98 Å². The van der Waals surface area contributed by atoms with Gasteiger partial charge in [0.05, 0.1) is 24.2 Å². The van der Waals surface area contributed by atoms with Gasteiger partial charge in [-0.05, 0) is 36.2 Å². The standard InChI is InChI=1S/C24H28Cl2N4O2/c1-2-21(24(31)27-9-10-29-11-13-32-14-12-29)30-22-6-4-3-5-20(22)28-23(30)15-17-7-8-18(25)16-19(17)26/h3-8,16,21H,2,9-15H2,1H3,(H,27,31)/t21-/m1/s1. The molecule has 6 nitrogen and oxygen atoms in total. The van der Waals surface area contributed by atoms with Gasteiger partial charge in [-0.3, -0.25) is 9.69 Å². The van der Waals surface area contributed by atoms with E-state index < -0.39 is 0 Å². The number of nitrogens with one attached hydrogen (secondary N) is 1. The number of carbonyl (C=O) groups is 1. The Kier molecular flexibility index (Phi) is 7.68. The number of hydrogen-bond acceptors (Lipinski definition) is 4. The van der Waals surface area contributed by atoms with Crippen LogP contribution in [0.1, 0.15) is 30.8 Å². The van der Waals surface area contributed by atoms with Gasteiger partial charge in [0.15, 0.2) is 0 Å². The largest absolute Gasteiger partial charge is 0.379 e. The molecule has 4 rings (SSSR count). The Balaban J connectivity index is 1.57. The molecule has 8 heteroatoms. The summed E-state index contributed by atoms with van der Waals surface area (Å²) in [5, 5.41) is 4.32. The number of fused-ring (bicyclic) bond motifs is 1. The van der Waals surface area contributed by atoms with Crippen LogP contribution < -0.4 is 5.32 Å². The first-order valence-electron chi connectivity index (χ1n) is 11.0. The zero-order chi connectivity index (χ0) is 22.5. The van der Waals surface area contributed by atoms with Crippen molar-refractivity contribution in [3.8, 4) is 0 Å². The van der Waals surface area contributed by atoms with Crippen molar-refractivity contribution in [2.24, 2.45) is 0 Å². The molecule has 1 aliphatic heterocycles. The highest BCUT2D eigenvalue weighted by molar-refractivity contribution is 6.35. The van der Waals surface area contributed by atoms with Gasteiger partial charge in [0.25, 0.3) is 0 Å². The highest BCUT2D eigenvalue weighted by Gasteiger charge is 2.24. The summed E-state index contributed by atoms with van der Waals surface area (Å²) < 4.78 is 7.45. The molecule has 1 aromatic heterocycles. The summed E-state index contributed by atoms with van der Waals surface area (Å²) in [6.45, 7) is 6.78. The first-order chi connectivity index (χ1) is 15.6. The van der Waals surface area contributed by atoms with Crippen molar-refractivity contribution in [3.05, 3.63) is 63.9 Å². The van der Waals surface area contributed by atoms with E-state index in [0.717, 1.165) is 55.3 Å². The molecule has 0 spiro atoms. The Morgan fingerprint density at radius 3 is 2.72 bits per heavy atom. The molecule has 1 amide bonds. The quantitative estimate of drug-likeness (QED) is 0.527. The third-order valence-corrected chi connectivity index (χ3v) is 6.45. The molecular formula is C24H28Cl2N4O2.